The molecular weight excluding hydrogens is 602 g/mol. The number of hydrazine groups is 1. The molecule has 0 bridgehead atoms. The second-order valence-electron chi connectivity index (χ2n) is 12.4. The summed E-state index contributed by atoms with van der Waals surface area (Å²) in [6.45, 7) is 6.92. The van der Waals surface area contributed by atoms with Crippen molar-refractivity contribution in [3.63, 3.8) is 0 Å². The molecule has 256 valence electrons. The van der Waals surface area contributed by atoms with E-state index in [1.54, 1.807) is 0 Å². The van der Waals surface area contributed by atoms with Crippen LogP contribution < -0.4 is 21.4 Å². The first-order valence-corrected chi connectivity index (χ1v) is 16.1. The molecular formula is C30H47N7O9. The van der Waals surface area contributed by atoms with E-state index in [-0.39, 0.29) is 31.6 Å². The topological polar surface area (TPSA) is 216 Å². The number of hydrogen-bond donors (Lipinski definition) is 5. The van der Waals surface area contributed by atoms with Gasteiger partial charge in [0.2, 0.25) is 23.6 Å². The third-order valence-electron chi connectivity index (χ3n) is 8.16. The summed E-state index contributed by atoms with van der Waals surface area (Å²) in [5.74, 6) is -6.27. The minimum absolute atomic E-state index is 0.0385. The van der Waals surface area contributed by atoms with Crippen LogP contribution in [0.15, 0.2) is 5.10 Å². The molecule has 2 saturated heterocycles. The van der Waals surface area contributed by atoms with E-state index in [2.05, 4.69) is 26.5 Å². The molecule has 0 spiro atoms. The maximum Gasteiger partial charge on any atom is 0.330 e. The van der Waals surface area contributed by atoms with Crippen LogP contribution in [0.5, 0.6) is 0 Å². The maximum atomic E-state index is 13.6. The second kappa shape index (κ2) is 17.0. The van der Waals surface area contributed by atoms with Crippen molar-refractivity contribution < 1.29 is 43.4 Å². The summed E-state index contributed by atoms with van der Waals surface area (Å²) in [4.78, 5) is 91.8. The van der Waals surface area contributed by atoms with Gasteiger partial charge in [0.15, 0.2) is 0 Å². The molecule has 6 atom stereocenters. The monoisotopic (exact) mass is 649 g/mol. The molecule has 2 fully saturated rings. The van der Waals surface area contributed by atoms with Crippen LogP contribution >= 0.6 is 0 Å². The summed E-state index contributed by atoms with van der Waals surface area (Å²) in [6, 6.07) is -5.73. The number of amides is 5. The zero-order valence-electron chi connectivity index (χ0n) is 27.0. The summed E-state index contributed by atoms with van der Waals surface area (Å²) in [5, 5.41) is 23.6. The van der Waals surface area contributed by atoms with Gasteiger partial charge in [0, 0.05) is 19.2 Å². The van der Waals surface area contributed by atoms with E-state index in [4.69, 9.17) is 4.74 Å². The zero-order chi connectivity index (χ0) is 34.0. The number of hydrogen-bond acceptors (Lipinski definition) is 10. The van der Waals surface area contributed by atoms with Gasteiger partial charge in [0.1, 0.15) is 36.8 Å². The highest BCUT2D eigenvalue weighted by atomic mass is 16.5. The smallest absolute Gasteiger partial charge is 0.330 e. The Morgan fingerprint density at radius 2 is 1.87 bits per heavy atom. The molecule has 3 aliphatic rings. The number of carboxylic acid groups (broad SMARTS) is 1. The number of nitrogens with zero attached hydrogens (tertiary/aromatic N) is 3. The molecule has 3 heterocycles. The Morgan fingerprint density at radius 1 is 1.13 bits per heavy atom. The van der Waals surface area contributed by atoms with Gasteiger partial charge in [-0.2, -0.15) is 5.10 Å². The normalized spacial score (nSPS) is 26.8. The third-order valence-corrected chi connectivity index (χ3v) is 8.16. The van der Waals surface area contributed by atoms with Crippen LogP contribution in [0.3, 0.4) is 0 Å². The van der Waals surface area contributed by atoms with E-state index in [0.29, 0.717) is 32.2 Å². The van der Waals surface area contributed by atoms with Crippen molar-refractivity contribution in [1.82, 2.24) is 31.4 Å². The number of carboxylic acids is 1. The minimum atomic E-state index is -1.46. The SMILES string of the molecule is CCCC[C@H](CC(=O)N1N=CCC[C@H]1C(=O)N[C@H]1COC(=O)[C@@H]2CCCNN2C(=O)[C@H](C)NC(=O)[C@@H](CC(C)C)NC1=O)C(=O)O. The molecule has 3 rings (SSSR count). The number of cyclic esters (lactones) is 1. The summed E-state index contributed by atoms with van der Waals surface area (Å²) >= 11 is 0. The van der Waals surface area contributed by atoms with Gasteiger partial charge < -0.3 is 25.8 Å². The van der Waals surface area contributed by atoms with E-state index >= 15 is 0 Å². The summed E-state index contributed by atoms with van der Waals surface area (Å²) in [5.41, 5.74) is 2.89. The van der Waals surface area contributed by atoms with Crippen LogP contribution in [0.25, 0.3) is 0 Å². The summed E-state index contributed by atoms with van der Waals surface area (Å²) in [7, 11) is 0. The average Bonchev–Trinajstić information content (AvgIpc) is 3.03. The lowest BCUT2D eigenvalue weighted by Gasteiger charge is -2.36. The highest BCUT2D eigenvalue weighted by Crippen LogP contribution is 2.20. The lowest BCUT2D eigenvalue weighted by Crippen LogP contribution is -2.61. The first-order chi connectivity index (χ1) is 21.8. The van der Waals surface area contributed by atoms with E-state index < -0.39 is 84.2 Å². The first kappa shape index (κ1) is 36.4. The number of ether oxygens (including phenoxy) is 1. The van der Waals surface area contributed by atoms with E-state index in [1.807, 2.05) is 20.8 Å². The fourth-order valence-corrected chi connectivity index (χ4v) is 5.59. The fraction of sp³-hybridized carbons (Fsp3) is 0.733. The highest BCUT2D eigenvalue weighted by Gasteiger charge is 2.40. The first-order valence-electron chi connectivity index (χ1n) is 16.1. The van der Waals surface area contributed by atoms with Crippen LogP contribution in [0, 0.1) is 11.8 Å². The average molecular weight is 650 g/mol. The van der Waals surface area contributed by atoms with Gasteiger partial charge in [0.05, 0.1) is 5.92 Å². The van der Waals surface area contributed by atoms with Gasteiger partial charge >= 0.3 is 11.9 Å². The molecule has 0 aromatic carbocycles. The second-order valence-corrected chi connectivity index (χ2v) is 12.4. The Morgan fingerprint density at radius 3 is 2.54 bits per heavy atom. The Balaban J connectivity index is 1.86. The molecule has 0 aromatic rings. The Labute approximate surface area is 268 Å². The third kappa shape index (κ3) is 9.71. The standard InChI is InChI=1S/C30H47N7O9/c1-5-6-9-19(29(43)44)15-24(38)36-22(10-7-12-31-36)27(41)35-21-16-46-30(45)23-11-8-13-32-37(23)28(42)18(4)33-25(39)20(14-17(2)3)34-26(21)40/h12,17-23,32H,5-11,13-16H2,1-4H3,(H,33,39)(H,34,40)(H,35,41)(H,43,44)/t18-,19+,20+,21-,22-,23-/m0/s1. The molecule has 3 aliphatic heterocycles. The summed E-state index contributed by atoms with van der Waals surface area (Å²) < 4.78 is 5.48. The summed E-state index contributed by atoms with van der Waals surface area (Å²) in [6.07, 6.45) is 4.33. The molecule has 46 heavy (non-hydrogen) atoms. The number of unbranched alkanes of at least 4 members (excludes halogenated alkanes) is 1. The van der Waals surface area contributed by atoms with Crippen molar-refractivity contribution in [2.24, 2.45) is 16.9 Å². The number of fused-ring (bicyclic) bond motifs is 1. The minimum Gasteiger partial charge on any atom is -0.481 e. The van der Waals surface area contributed by atoms with Crippen molar-refractivity contribution in [1.29, 1.82) is 0 Å². The molecule has 0 aromatic heterocycles. The molecule has 5 N–H and O–H groups in total. The van der Waals surface area contributed by atoms with Crippen LogP contribution in [-0.4, -0.2) is 106 Å². The number of nitrogens with one attached hydrogen (secondary N) is 4. The van der Waals surface area contributed by atoms with Gasteiger partial charge in [-0.25, -0.2) is 15.2 Å². The Bertz CT molecular complexity index is 1190. The number of esters is 1. The Hall–Kier alpha value is -4.08. The van der Waals surface area contributed by atoms with Crippen LogP contribution in [0.1, 0.15) is 85.5 Å². The zero-order valence-corrected chi connectivity index (χ0v) is 27.0. The van der Waals surface area contributed by atoms with Crippen LogP contribution in [-0.2, 0) is 38.3 Å². The van der Waals surface area contributed by atoms with E-state index in [0.717, 1.165) is 16.4 Å². The molecule has 16 heteroatoms. The van der Waals surface area contributed by atoms with E-state index in [9.17, 15) is 38.7 Å². The largest absolute Gasteiger partial charge is 0.481 e. The fourth-order valence-electron chi connectivity index (χ4n) is 5.59. The predicted molar refractivity (Wildman–Crippen MR) is 163 cm³/mol. The Kier molecular flexibility index (Phi) is 13.5. The molecule has 0 radical (unpaired) electrons. The van der Waals surface area contributed by atoms with Gasteiger partial charge in [-0.1, -0.05) is 33.6 Å². The van der Waals surface area contributed by atoms with Gasteiger partial charge in [0.25, 0.3) is 5.91 Å². The quantitative estimate of drug-likeness (QED) is 0.197. The number of carbonyl (C=O) groups is 7. The van der Waals surface area contributed by atoms with Crippen molar-refractivity contribution in [3.8, 4) is 0 Å². The number of hydrazone groups is 1. The van der Waals surface area contributed by atoms with E-state index in [1.165, 1.54) is 13.1 Å². The lowest BCUT2D eigenvalue weighted by atomic mass is 9.97. The van der Waals surface area contributed by atoms with Gasteiger partial charge in [-0.15, -0.1) is 0 Å². The number of aliphatic carboxylic acids is 1. The molecule has 0 saturated carbocycles. The number of rotatable bonds is 10. The van der Waals surface area contributed by atoms with Crippen molar-refractivity contribution >= 4 is 47.7 Å². The molecule has 0 aliphatic carbocycles. The van der Waals surface area contributed by atoms with Crippen LogP contribution in [0.2, 0.25) is 0 Å². The van der Waals surface area contributed by atoms with Gasteiger partial charge in [-0.3, -0.25) is 33.8 Å². The lowest BCUT2D eigenvalue weighted by molar-refractivity contribution is -0.162. The van der Waals surface area contributed by atoms with Crippen molar-refractivity contribution in [2.45, 2.75) is 116 Å². The number of carbonyl (C=O) groups excluding carboxylic acids is 6. The molecule has 16 nitrogen and oxygen atoms in total. The van der Waals surface area contributed by atoms with Crippen LogP contribution in [0.4, 0.5) is 0 Å². The molecule has 5 amide bonds. The van der Waals surface area contributed by atoms with Crippen molar-refractivity contribution in [3.05, 3.63) is 0 Å². The maximum absolute atomic E-state index is 13.6. The van der Waals surface area contributed by atoms with Gasteiger partial charge in [-0.05, 0) is 51.4 Å². The van der Waals surface area contributed by atoms with Crippen molar-refractivity contribution in [2.75, 3.05) is 13.2 Å². The predicted octanol–water partition coefficient (Wildman–Crippen LogP) is -0.183. The molecule has 0 unspecified atom stereocenters. The highest BCUT2D eigenvalue weighted by molar-refractivity contribution is 5.97.